The molecule has 0 saturated carbocycles. The molecule has 2 N–H and O–H groups in total. The standard InChI is InChI=1S/C8H9NO2.C2H7O3PS/c1-2-7-4-3-5-8(6-7)9(10)11;1-2-5-6(3,4)7/h3-6H,2H2,1H3;2H2,1H3,(H2,3,4,7). The van der Waals surface area contributed by atoms with Crippen molar-refractivity contribution in [2.45, 2.75) is 20.3 Å². The van der Waals surface area contributed by atoms with E-state index in [9.17, 15) is 10.1 Å². The van der Waals surface area contributed by atoms with E-state index in [1.807, 2.05) is 13.0 Å². The van der Waals surface area contributed by atoms with Gasteiger partial charge in [-0.3, -0.25) is 10.1 Å². The number of non-ortho nitro benzene ring substituents is 1. The highest BCUT2D eigenvalue weighted by Crippen LogP contribution is 2.35. The SMILES string of the molecule is CCOP(O)(O)=S.CCc1cccc([N+](=O)[O-])c1. The first-order valence-corrected chi connectivity index (χ1v) is 7.86. The van der Waals surface area contributed by atoms with Gasteiger partial charge in [-0.1, -0.05) is 19.1 Å². The first kappa shape index (κ1) is 17.2. The van der Waals surface area contributed by atoms with Crippen molar-refractivity contribution in [2.24, 2.45) is 0 Å². The molecule has 0 aliphatic carbocycles. The Morgan fingerprint density at radius 1 is 1.44 bits per heavy atom. The monoisotopic (exact) mass is 293 g/mol. The molecule has 0 bridgehead atoms. The second kappa shape index (κ2) is 8.29. The molecule has 0 saturated heterocycles. The molecule has 0 unspecified atom stereocenters. The van der Waals surface area contributed by atoms with Gasteiger partial charge in [0.1, 0.15) is 0 Å². The van der Waals surface area contributed by atoms with E-state index in [1.165, 1.54) is 6.07 Å². The first-order valence-electron chi connectivity index (χ1n) is 5.23. The van der Waals surface area contributed by atoms with E-state index in [2.05, 4.69) is 16.3 Å². The fraction of sp³-hybridized carbons (Fsp3) is 0.400. The number of benzene rings is 1. The lowest BCUT2D eigenvalue weighted by molar-refractivity contribution is -0.384. The van der Waals surface area contributed by atoms with Crippen LogP contribution in [0.3, 0.4) is 0 Å². The Morgan fingerprint density at radius 2 is 2.06 bits per heavy atom. The molecule has 102 valence electrons. The van der Waals surface area contributed by atoms with Gasteiger partial charge in [-0.25, -0.2) is 0 Å². The minimum absolute atomic E-state index is 0.171. The maximum Gasteiger partial charge on any atom is 0.321 e. The molecule has 0 aliphatic rings. The van der Waals surface area contributed by atoms with Gasteiger partial charge in [-0.15, -0.1) is 0 Å². The van der Waals surface area contributed by atoms with Crippen LogP contribution in [0, 0.1) is 10.1 Å². The van der Waals surface area contributed by atoms with E-state index < -0.39 is 6.72 Å². The third-order valence-corrected chi connectivity index (χ3v) is 2.74. The molecule has 0 spiro atoms. The topological polar surface area (TPSA) is 92.8 Å². The highest BCUT2D eigenvalue weighted by Gasteiger charge is 2.03. The first-order chi connectivity index (χ1) is 8.30. The van der Waals surface area contributed by atoms with Gasteiger partial charge in [0.2, 0.25) is 0 Å². The Labute approximate surface area is 111 Å². The Balaban J connectivity index is 0.000000360. The highest BCUT2D eigenvalue weighted by atomic mass is 32.5. The molecular weight excluding hydrogens is 277 g/mol. The molecule has 0 heterocycles. The summed E-state index contributed by atoms with van der Waals surface area (Å²) in [5, 5.41) is 10.3. The van der Waals surface area contributed by atoms with Crippen molar-refractivity contribution >= 4 is 24.2 Å². The molecule has 0 fully saturated rings. The van der Waals surface area contributed by atoms with Crippen molar-refractivity contribution in [3.8, 4) is 0 Å². The van der Waals surface area contributed by atoms with Crippen LogP contribution in [0.4, 0.5) is 5.69 Å². The number of nitrogens with zero attached hydrogens (tertiary/aromatic N) is 1. The van der Waals surface area contributed by atoms with Crippen molar-refractivity contribution in [1.82, 2.24) is 0 Å². The average molecular weight is 293 g/mol. The van der Waals surface area contributed by atoms with Crippen molar-refractivity contribution in [1.29, 1.82) is 0 Å². The summed E-state index contributed by atoms with van der Waals surface area (Å²) in [6.45, 7) is 0.539. The number of hydrogen-bond acceptors (Lipinski definition) is 4. The van der Waals surface area contributed by atoms with E-state index in [0.717, 1.165) is 12.0 Å². The quantitative estimate of drug-likeness (QED) is 0.503. The summed E-state index contributed by atoms with van der Waals surface area (Å²) in [5.41, 5.74) is 1.17. The van der Waals surface area contributed by atoms with Crippen LogP contribution in [0.15, 0.2) is 24.3 Å². The van der Waals surface area contributed by atoms with Crippen LogP contribution in [-0.4, -0.2) is 21.3 Å². The number of nitro benzene ring substituents is 1. The zero-order valence-electron chi connectivity index (χ0n) is 10.1. The van der Waals surface area contributed by atoms with Gasteiger partial charge in [0.25, 0.3) is 5.69 Å². The summed E-state index contributed by atoms with van der Waals surface area (Å²) in [4.78, 5) is 26.5. The van der Waals surface area contributed by atoms with Gasteiger partial charge in [0.15, 0.2) is 0 Å². The van der Waals surface area contributed by atoms with Gasteiger partial charge < -0.3 is 14.3 Å². The highest BCUT2D eigenvalue weighted by molar-refractivity contribution is 8.06. The minimum Gasteiger partial charge on any atom is -0.325 e. The Morgan fingerprint density at radius 3 is 2.39 bits per heavy atom. The Hall–Kier alpha value is -0.850. The predicted molar refractivity (Wildman–Crippen MR) is 72.8 cm³/mol. The number of aryl methyl sites for hydroxylation is 1. The smallest absolute Gasteiger partial charge is 0.321 e. The van der Waals surface area contributed by atoms with Crippen LogP contribution >= 0.6 is 6.72 Å². The fourth-order valence-electron chi connectivity index (χ4n) is 1.06. The molecule has 0 amide bonds. The molecule has 1 aromatic carbocycles. The molecule has 1 rings (SSSR count). The van der Waals surface area contributed by atoms with E-state index in [0.29, 0.717) is 0 Å². The zero-order chi connectivity index (χ0) is 14.2. The van der Waals surface area contributed by atoms with Gasteiger partial charge in [-0.2, -0.15) is 0 Å². The molecular formula is C10H16NO5PS. The van der Waals surface area contributed by atoms with Crippen LogP contribution in [0.1, 0.15) is 19.4 Å². The summed E-state index contributed by atoms with van der Waals surface area (Å²) < 4.78 is 4.27. The van der Waals surface area contributed by atoms with Crippen molar-refractivity contribution in [3.05, 3.63) is 39.9 Å². The summed E-state index contributed by atoms with van der Waals surface area (Å²) >= 11 is 4.08. The van der Waals surface area contributed by atoms with Gasteiger partial charge >= 0.3 is 6.72 Å². The largest absolute Gasteiger partial charge is 0.325 e. The van der Waals surface area contributed by atoms with Gasteiger partial charge in [-0.05, 0) is 30.7 Å². The Bertz CT molecular complexity index is 434. The lowest BCUT2D eigenvalue weighted by atomic mass is 10.1. The molecule has 0 aliphatic heterocycles. The molecule has 18 heavy (non-hydrogen) atoms. The van der Waals surface area contributed by atoms with E-state index in [4.69, 9.17) is 9.79 Å². The molecule has 1 aromatic rings. The normalized spacial score (nSPS) is 10.4. The van der Waals surface area contributed by atoms with Gasteiger partial charge in [0.05, 0.1) is 11.5 Å². The van der Waals surface area contributed by atoms with Crippen LogP contribution in [0.25, 0.3) is 0 Å². The number of hydrogen-bond donors (Lipinski definition) is 2. The molecule has 6 nitrogen and oxygen atoms in total. The number of rotatable bonds is 4. The summed E-state index contributed by atoms with van der Waals surface area (Å²) in [5.74, 6) is 0. The second-order valence-electron chi connectivity index (χ2n) is 3.19. The zero-order valence-corrected chi connectivity index (χ0v) is 11.9. The van der Waals surface area contributed by atoms with Crippen LogP contribution < -0.4 is 0 Å². The minimum atomic E-state index is -3.33. The van der Waals surface area contributed by atoms with Crippen molar-refractivity contribution < 1.29 is 19.2 Å². The molecule has 0 atom stereocenters. The van der Waals surface area contributed by atoms with Crippen LogP contribution in [-0.2, 0) is 22.8 Å². The third kappa shape index (κ3) is 8.27. The van der Waals surface area contributed by atoms with E-state index in [1.54, 1.807) is 19.1 Å². The molecule has 8 heteroatoms. The lowest BCUT2D eigenvalue weighted by Gasteiger charge is -2.02. The third-order valence-electron chi connectivity index (χ3n) is 1.83. The number of nitro groups is 1. The summed E-state index contributed by atoms with van der Waals surface area (Å²) in [6.07, 6.45) is 0.835. The van der Waals surface area contributed by atoms with E-state index in [-0.39, 0.29) is 17.2 Å². The summed E-state index contributed by atoms with van der Waals surface area (Å²) in [6, 6.07) is 6.68. The average Bonchev–Trinajstić information content (AvgIpc) is 2.28. The molecule has 0 aromatic heterocycles. The van der Waals surface area contributed by atoms with Crippen molar-refractivity contribution in [3.63, 3.8) is 0 Å². The van der Waals surface area contributed by atoms with Crippen LogP contribution in [0.5, 0.6) is 0 Å². The second-order valence-corrected chi connectivity index (χ2v) is 5.86. The summed E-state index contributed by atoms with van der Waals surface area (Å²) in [7, 11) is 0. The van der Waals surface area contributed by atoms with Crippen LogP contribution in [0.2, 0.25) is 0 Å². The maximum absolute atomic E-state index is 10.3. The maximum atomic E-state index is 10.3. The molecule has 0 radical (unpaired) electrons. The van der Waals surface area contributed by atoms with Gasteiger partial charge in [0, 0.05) is 12.1 Å². The van der Waals surface area contributed by atoms with Crippen molar-refractivity contribution in [2.75, 3.05) is 6.61 Å². The van der Waals surface area contributed by atoms with E-state index >= 15 is 0 Å². The Kier molecular flexibility index (Phi) is 7.90. The predicted octanol–water partition coefficient (Wildman–Crippen LogP) is 2.39. The lowest BCUT2D eigenvalue weighted by Crippen LogP contribution is -1.88. The fourth-order valence-corrected chi connectivity index (χ4v) is 1.71.